The molecule has 53 heavy (non-hydrogen) atoms. The predicted molar refractivity (Wildman–Crippen MR) is 181 cm³/mol. The Balaban J connectivity index is 0.00000101. The summed E-state index contributed by atoms with van der Waals surface area (Å²) in [7, 11) is -8.10. The van der Waals surface area contributed by atoms with E-state index in [9.17, 15) is 46.9 Å². The molecule has 21 heteroatoms. The number of hydrogen-bond donors (Lipinski definition) is 4. The molecule has 0 aliphatic heterocycles. The van der Waals surface area contributed by atoms with Crippen molar-refractivity contribution in [2.45, 2.75) is 23.6 Å². The molecule has 0 bridgehead atoms. The Morgan fingerprint density at radius 3 is 1.21 bits per heavy atom. The normalized spacial score (nSPS) is 12.5. The zero-order chi connectivity index (χ0) is 38.6. The van der Waals surface area contributed by atoms with Gasteiger partial charge in [0.1, 0.15) is 11.4 Å². The number of para-hydroxylation sites is 2. The van der Waals surface area contributed by atoms with Gasteiger partial charge in [-0.3, -0.25) is 9.59 Å². The number of hydrogen-bond acceptors (Lipinski definition) is 16. The molecule has 0 unspecified atom stereocenters. The van der Waals surface area contributed by atoms with Crippen LogP contribution in [0.4, 0.5) is 22.7 Å². The number of carbonyl (C=O) groups excluding carboxylic acids is 2. The maximum absolute atomic E-state index is 12.2. The number of nitrogens with one attached hydrogen (secondary N) is 2. The minimum absolute atomic E-state index is 0. The van der Waals surface area contributed by atoms with E-state index in [2.05, 4.69) is 31.1 Å². The van der Waals surface area contributed by atoms with E-state index in [0.717, 1.165) is 50.2 Å². The van der Waals surface area contributed by atoms with Crippen molar-refractivity contribution in [1.29, 1.82) is 0 Å². The van der Waals surface area contributed by atoms with Gasteiger partial charge in [0.15, 0.2) is 11.6 Å². The first-order valence-corrected chi connectivity index (χ1v) is 17.5. The topological polar surface area (TPSA) is 320 Å². The van der Waals surface area contributed by atoms with E-state index >= 15 is 0 Å². The fraction of sp³-hybridized carbons (Fsp3) is 0.0625. The number of benzene rings is 4. The van der Waals surface area contributed by atoms with E-state index in [-0.39, 0.29) is 40.8 Å². The molecule has 4 aromatic carbocycles. The molecule has 0 spiro atoms. The van der Waals surface area contributed by atoms with Gasteiger partial charge in [-0.05, 0) is 60.3 Å². The molecule has 0 aliphatic carbocycles. The Labute approximate surface area is 316 Å². The van der Waals surface area contributed by atoms with Crippen LogP contribution in [0.25, 0.3) is 0 Å². The molecule has 0 atom stereocenters. The van der Waals surface area contributed by atoms with Gasteiger partial charge in [0.25, 0.3) is 0 Å². The Morgan fingerprint density at radius 2 is 0.925 bits per heavy atom. The third-order valence-corrected chi connectivity index (χ3v) is 8.02. The average molecular weight is 810 g/mol. The molecule has 1 radical (unpaired) electrons. The molecule has 4 aromatic rings. The molecular weight excluding hydrogens is 779 g/mol. The number of allylic oxidation sites excluding steroid dienone is 2. The maximum Gasteiger partial charge on any atom is 2.00 e. The minimum Gasteiger partial charge on any atom is -0.871 e. The van der Waals surface area contributed by atoms with Crippen molar-refractivity contribution >= 4 is 54.4 Å². The summed E-state index contributed by atoms with van der Waals surface area (Å²) in [5.74, 6) is -4.29. The van der Waals surface area contributed by atoms with Crippen LogP contribution in [0, 0.1) is 0 Å². The van der Waals surface area contributed by atoms with Gasteiger partial charge in [0.2, 0.25) is 20.0 Å². The quantitative estimate of drug-likeness (QED) is 0.0902. The number of Topliss-reactive ketones (excluding diaryl/α,β-unsaturated/α-hetero) is 2. The first-order valence-electron chi connectivity index (χ1n) is 14.4. The zero-order valence-corrected chi connectivity index (χ0v) is 30.1. The van der Waals surface area contributed by atoms with Crippen molar-refractivity contribution in [2.75, 3.05) is 10.6 Å². The van der Waals surface area contributed by atoms with Gasteiger partial charge >= 0.3 is 19.6 Å². The van der Waals surface area contributed by atoms with E-state index in [1.54, 1.807) is 60.7 Å². The molecule has 0 aromatic heterocycles. The fourth-order valence-electron chi connectivity index (χ4n) is 3.69. The molecule has 0 saturated carbocycles. The molecule has 0 saturated heterocycles. The van der Waals surface area contributed by atoms with Gasteiger partial charge in [-0.25, -0.2) is 27.1 Å². The molecule has 4 rings (SSSR count). The number of nitrogens with two attached hydrogens (primary N) is 2. The summed E-state index contributed by atoms with van der Waals surface area (Å²) in [5, 5.41) is 76.9. The van der Waals surface area contributed by atoms with Crippen LogP contribution in [-0.4, -0.2) is 28.4 Å². The Hall–Kier alpha value is -5.97. The van der Waals surface area contributed by atoms with Crippen molar-refractivity contribution in [2.24, 2.45) is 30.7 Å². The molecule has 279 valence electrons. The number of primary sulfonamides is 2. The number of azo groups is 2. The van der Waals surface area contributed by atoms with Crippen LogP contribution in [0.2, 0.25) is 0 Å². The second-order valence-electron chi connectivity index (χ2n) is 10.2. The predicted octanol–water partition coefficient (Wildman–Crippen LogP) is 1.67. The van der Waals surface area contributed by atoms with Crippen LogP contribution in [-0.2, 0) is 46.4 Å². The smallest absolute Gasteiger partial charge is 0.871 e. The van der Waals surface area contributed by atoms with Gasteiger partial charge in [-0.1, -0.05) is 60.0 Å². The monoisotopic (exact) mass is 809 g/mol. The van der Waals surface area contributed by atoms with Crippen LogP contribution in [0.1, 0.15) is 16.7 Å². The van der Waals surface area contributed by atoms with Gasteiger partial charge < -0.3 is 31.1 Å². The number of sulfonamides is 2. The summed E-state index contributed by atoms with van der Waals surface area (Å²) >= 11 is 0. The van der Waals surface area contributed by atoms with E-state index < -0.39 is 66.3 Å². The third kappa shape index (κ3) is 13.3. The van der Waals surface area contributed by atoms with E-state index in [1.165, 1.54) is 0 Å². The van der Waals surface area contributed by atoms with Gasteiger partial charge in [-0.15, -0.1) is 10.2 Å². The number of ketones is 2. The van der Waals surface area contributed by atoms with Crippen molar-refractivity contribution in [3.8, 4) is 11.5 Å². The van der Waals surface area contributed by atoms with Crippen molar-refractivity contribution in [3.63, 3.8) is 0 Å². The molecule has 0 aliphatic rings. The first-order chi connectivity index (χ1) is 24.4. The summed E-state index contributed by atoms with van der Waals surface area (Å²) in [6.07, 6.45) is 0. The molecular formula is C32H30CoN8O10S2. The molecule has 0 amide bonds. The van der Waals surface area contributed by atoms with Crippen molar-refractivity contribution in [3.05, 3.63) is 120 Å². The summed E-state index contributed by atoms with van der Waals surface area (Å²) in [4.78, 5) is 22.6. The number of anilines is 2. The first kappa shape index (κ1) is 43.2. The maximum atomic E-state index is 12.2. The van der Waals surface area contributed by atoms with E-state index in [0.29, 0.717) is 11.4 Å². The summed E-state index contributed by atoms with van der Waals surface area (Å²) < 4.78 is 45.3. The van der Waals surface area contributed by atoms with Gasteiger partial charge in [-0.2, -0.15) is 10.2 Å². The minimum atomic E-state index is -4.05. The standard InChI is InChI=1S/2C16H16N4O5S.Co/c2*1-10(21)15(16(23)18-11-5-3-2-4-6-11)20-19-13-9-12(26(17,24)25)7-8-14(13)22;/h2*2-9,18,22-23H,1H3,(H2,17,24,25);/q;;+2/p-2/b2*16-15-,20-19?;. The Kier molecular flexibility index (Phi) is 15.5. The summed E-state index contributed by atoms with van der Waals surface area (Å²) in [6.45, 7) is 2.22. The van der Waals surface area contributed by atoms with Crippen LogP contribution < -0.4 is 41.3 Å². The Morgan fingerprint density at radius 1 is 0.604 bits per heavy atom. The van der Waals surface area contributed by atoms with Crippen molar-refractivity contribution in [1.82, 2.24) is 0 Å². The number of nitrogens with zero attached hydrogens (tertiary/aromatic N) is 4. The van der Waals surface area contributed by atoms with Crippen LogP contribution in [0.5, 0.6) is 11.5 Å². The second-order valence-corrected chi connectivity index (χ2v) is 13.3. The van der Waals surface area contributed by atoms with Gasteiger partial charge in [0.05, 0.1) is 21.2 Å². The van der Waals surface area contributed by atoms with E-state index in [1.807, 2.05) is 0 Å². The molecule has 6 N–H and O–H groups in total. The molecule has 0 fully saturated rings. The average Bonchev–Trinajstić information content (AvgIpc) is 3.06. The summed E-state index contributed by atoms with van der Waals surface area (Å²) in [6, 6.07) is 22.5. The molecule has 18 nitrogen and oxygen atoms in total. The third-order valence-electron chi connectivity index (χ3n) is 6.19. The Bertz CT molecular complexity index is 2150. The zero-order valence-electron chi connectivity index (χ0n) is 29.4. The number of rotatable bonds is 12. The van der Waals surface area contributed by atoms with E-state index in [4.69, 9.17) is 10.3 Å². The van der Waals surface area contributed by atoms with Crippen LogP contribution in [0.3, 0.4) is 0 Å². The van der Waals surface area contributed by atoms with Crippen LogP contribution in [0.15, 0.2) is 150 Å². The SMILES string of the molecule is CC(=O)/C(N=Nc1cc(S(N)(=O)=O)ccc1[O-])=C(/[O-])Nc1ccccc1.CC(=O)/C(N=Nc1cc(S(N)(=O)=O)ccc1[O-])=C(/[O-])Nc1ccccc1.[Co+2].[H+].[H+]. The largest absolute Gasteiger partial charge is 2.00 e. The number of carbonyl (C=O) groups is 2. The van der Waals surface area contributed by atoms with Crippen LogP contribution >= 0.6 is 0 Å². The fourth-order valence-corrected chi connectivity index (χ4v) is 4.75. The second kappa shape index (κ2) is 19.0. The molecule has 0 heterocycles. The summed E-state index contributed by atoms with van der Waals surface area (Å²) in [5.41, 5.74) is -0.964. The van der Waals surface area contributed by atoms with Crippen molar-refractivity contribution < 1.29 is 66.5 Å². The van der Waals surface area contributed by atoms with Gasteiger partial charge in [0, 0.05) is 25.2 Å².